The van der Waals surface area contributed by atoms with Gasteiger partial charge in [-0.1, -0.05) is 6.08 Å². The lowest BCUT2D eigenvalue weighted by molar-refractivity contribution is -0.142. The number of hydrogen-bond donors (Lipinski definition) is 2. The van der Waals surface area contributed by atoms with E-state index in [2.05, 4.69) is 6.58 Å². The van der Waals surface area contributed by atoms with E-state index >= 15 is 0 Å². The van der Waals surface area contributed by atoms with E-state index in [0.717, 1.165) is 0 Å². The zero-order valence-electron chi connectivity index (χ0n) is 10.1. The van der Waals surface area contributed by atoms with Crippen LogP contribution < -0.4 is 0 Å². The predicted octanol–water partition coefficient (Wildman–Crippen LogP) is 0.536. The Balaban J connectivity index is 4.90. The molecule has 0 heterocycles. The highest BCUT2D eigenvalue weighted by atomic mass is 19.4. The van der Waals surface area contributed by atoms with Crippen LogP contribution in [0.25, 0.3) is 0 Å². The molecule has 0 bridgehead atoms. The van der Waals surface area contributed by atoms with E-state index in [1.807, 2.05) is 0 Å². The maximum Gasteiger partial charge on any atom is 0.406 e. The minimum atomic E-state index is -4.63. The van der Waals surface area contributed by atoms with Crippen molar-refractivity contribution in [3.05, 3.63) is 12.7 Å². The number of carboxylic acid groups (broad SMARTS) is 1. The molecule has 0 saturated carbocycles. The van der Waals surface area contributed by atoms with Crippen LogP contribution in [0.1, 0.15) is 0 Å². The number of urea groups is 1. The van der Waals surface area contributed by atoms with Gasteiger partial charge in [0.25, 0.3) is 0 Å². The lowest BCUT2D eigenvalue weighted by Crippen LogP contribution is -2.49. The van der Waals surface area contributed by atoms with Gasteiger partial charge in [-0.3, -0.25) is 4.79 Å². The Morgan fingerprint density at radius 3 is 2.21 bits per heavy atom. The SMILES string of the molecule is C=CCN(CC(=O)O)C(=O)N(CCO)CC(F)(F)F. The standard InChI is InChI=1S/C10H15F3N2O4/c1-2-3-14(6-8(17)18)9(19)15(4-5-16)7-10(11,12)13/h2,16H,1,3-7H2,(H,17,18). The number of hydrogen-bond acceptors (Lipinski definition) is 3. The van der Waals surface area contributed by atoms with Crippen LogP contribution >= 0.6 is 0 Å². The molecular formula is C10H15F3N2O4. The highest BCUT2D eigenvalue weighted by Gasteiger charge is 2.34. The number of carbonyl (C=O) groups is 2. The van der Waals surface area contributed by atoms with E-state index in [9.17, 15) is 22.8 Å². The van der Waals surface area contributed by atoms with Gasteiger partial charge in [0.1, 0.15) is 13.1 Å². The third-order valence-electron chi connectivity index (χ3n) is 1.96. The molecule has 9 heteroatoms. The van der Waals surface area contributed by atoms with Gasteiger partial charge in [0.05, 0.1) is 6.61 Å². The van der Waals surface area contributed by atoms with E-state index in [-0.39, 0.29) is 6.54 Å². The second kappa shape index (κ2) is 7.62. The number of alkyl halides is 3. The zero-order chi connectivity index (χ0) is 15.1. The molecule has 2 N–H and O–H groups in total. The van der Waals surface area contributed by atoms with Crippen molar-refractivity contribution < 1.29 is 33.0 Å². The van der Waals surface area contributed by atoms with Crippen molar-refractivity contribution in [3.63, 3.8) is 0 Å². The molecule has 0 radical (unpaired) electrons. The molecule has 0 spiro atoms. The summed E-state index contributed by atoms with van der Waals surface area (Å²) in [5.74, 6) is -1.36. The Hall–Kier alpha value is -1.77. The smallest absolute Gasteiger partial charge is 0.406 e. The molecule has 19 heavy (non-hydrogen) atoms. The third-order valence-corrected chi connectivity index (χ3v) is 1.96. The van der Waals surface area contributed by atoms with Crippen LogP contribution in [-0.2, 0) is 4.79 Å². The van der Waals surface area contributed by atoms with E-state index in [1.54, 1.807) is 0 Å². The lowest BCUT2D eigenvalue weighted by atomic mass is 10.4. The summed E-state index contributed by atoms with van der Waals surface area (Å²) in [6.07, 6.45) is -3.43. The van der Waals surface area contributed by atoms with E-state index in [4.69, 9.17) is 10.2 Å². The second-order valence-corrected chi connectivity index (χ2v) is 3.61. The number of aliphatic hydroxyl groups excluding tert-OH is 1. The Morgan fingerprint density at radius 1 is 1.26 bits per heavy atom. The average Bonchev–Trinajstić information content (AvgIpc) is 2.24. The Kier molecular flexibility index (Phi) is 6.91. The Morgan fingerprint density at radius 2 is 1.84 bits per heavy atom. The van der Waals surface area contributed by atoms with E-state index in [1.165, 1.54) is 6.08 Å². The molecule has 0 aromatic carbocycles. The van der Waals surface area contributed by atoms with Crippen molar-refractivity contribution in [1.82, 2.24) is 9.80 Å². The molecule has 0 saturated heterocycles. The van der Waals surface area contributed by atoms with Crippen molar-refractivity contribution in [2.45, 2.75) is 6.18 Å². The number of rotatable bonds is 7. The fourth-order valence-corrected chi connectivity index (χ4v) is 1.31. The minimum Gasteiger partial charge on any atom is -0.480 e. The first-order chi connectivity index (χ1) is 8.71. The summed E-state index contributed by atoms with van der Waals surface area (Å²) in [5, 5.41) is 17.2. The number of halogens is 3. The van der Waals surface area contributed by atoms with Crippen LogP contribution in [0, 0.1) is 0 Å². The summed E-state index contributed by atoms with van der Waals surface area (Å²) in [6.45, 7) is -0.404. The largest absolute Gasteiger partial charge is 0.480 e. The predicted molar refractivity (Wildman–Crippen MR) is 59.5 cm³/mol. The van der Waals surface area contributed by atoms with Gasteiger partial charge in [-0.05, 0) is 0 Å². The maximum atomic E-state index is 12.3. The van der Waals surface area contributed by atoms with Crippen LogP contribution in [0.4, 0.5) is 18.0 Å². The first-order valence-electron chi connectivity index (χ1n) is 5.25. The normalized spacial score (nSPS) is 10.9. The van der Waals surface area contributed by atoms with Gasteiger partial charge in [0, 0.05) is 13.1 Å². The zero-order valence-corrected chi connectivity index (χ0v) is 10.1. The molecule has 0 aliphatic rings. The van der Waals surface area contributed by atoms with Crippen LogP contribution in [0.15, 0.2) is 12.7 Å². The van der Waals surface area contributed by atoms with Gasteiger partial charge in [0.15, 0.2) is 0 Å². The summed E-state index contributed by atoms with van der Waals surface area (Å²) in [6, 6.07) is -1.12. The molecule has 110 valence electrons. The highest BCUT2D eigenvalue weighted by molar-refractivity contribution is 5.80. The van der Waals surface area contributed by atoms with Crippen molar-refractivity contribution in [3.8, 4) is 0 Å². The lowest BCUT2D eigenvalue weighted by Gasteiger charge is -2.29. The topological polar surface area (TPSA) is 81.1 Å². The van der Waals surface area contributed by atoms with Crippen molar-refractivity contribution in [2.75, 3.05) is 32.8 Å². The summed E-state index contributed by atoms with van der Waals surface area (Å²) < 4.78 is 36.8. The van der Waals surface area contributed by atoms with Gasteiger partial charge < -0.3 is 20.0 Å². The molecule has 0 fully saturated rings. The maximum absolute atomic E-state index is 12.3. The molecule has 0 aliphatic carbocycles. The first kappa shape index (κ1) is 17.2. The van der Waals surface area contributed by atoms with Crippen molar-refractivity contribution in [1.29, 1.82) is 0 Å². The van der Waals surface area contributed by atoms with Crippen LogP contribution in [0.5, 0.6) is 0 Å². The number of carboxylic acids is 1. The number of amides is 2. The Labute approximate surface area is 107 Å². The second-order valence-electron chi connectivity index (χ2n) is 3.61. The molecule has 0 atom stereocenters. The number of nitrogens with zero attached hydrogens (tertiary/aromatic N) is 2. The van der Waals surface area contributed by atoms with Gasteiger partial charge in [0.2, 0.25) is 0 Å². The number of carbonyl (C=O) groups excluding carboxylic acids is 1. The molecule has 0 rings (SSSR count). The fraction of sp³-hybridized carbons (Fsp3) is 0.600. The number of aliphatic hydroxyl groups is 1. The molecule has 6 nitrogen and oxygen atoms in total. The molecule has 0 aliphatic heterocycles. The van der Waals surface area contributed by atoms with E-state index < -0.39 is 44.4 Å². The monoisotopic (exact) mass is 284 g/mol. The van der Waals surface area contributed by atoms with Crippen LogP contribution in [0.2, 0.25) is 0 Å². The van der Waals surface area contributed by atoms with Gasteiger partial charge in [-0.2, -0.15) is 13.2 Å². The molecule has 0 aromatic rings. The molecule has 0 unspecified atom stereocenters. The van der Waals surface area contributed by atoms with Gasteiger partial charge in [-0.15, -0.1) is 6.58 Å². The van der Waals surface area contributed by atoms with Crippen molar-refractivity contribution >= 4 is 12.0 Å². The van der Waals surface area contributed by atoms with Crippen LogP contribution in [0.3, 0.4) is 0 Å². The summed E-state index contributed by atoms with van der Waals surface area (Å²) in [5.41, 5.74) is 0. The minimum absolute atomic E-state index is 0.203. The summed E-state index contributed by atoms with van der Waals surface area (Å²) in [4.78, 5) is 23.3. The quantitative estimate of drug-likeness (QED) is 0.668. The summed E-state index contributed by atoms with van der Waals surface area (Å²) in [7, 11) is 0. The first-order valence-corrected chi connectivity index (χ1v) is 5.25. The Bertz CT molecular complexity index is 333. The molecule has 0 aromatic heterocycles. The fourth-order valence-electron chi connectivity index (χ4n) is 1.31. The average molecular weight is 284 g/mol. The number of aliphatic carboxylic acids is 1. The summed E-state index contributed by atoms with van der Waals surface area (Å²) >= 11 is 0. The van der Waals surface area contributed by atoms with Gasteiger partial charge in [-0.25, -0.2) is 4.79 Å². The molecule has 2 amide bonds. The van der Waals surface area contributed by atoms with Crippen molar-refractivity contribution in [2.24, 2.45) is 0 Å². The third kappa shape index (κ3) is 7.29. The van der Waals surface area contributed by atoms with Gasteiger partial charge >= 0.3 is 18.2 Å². The van der Waals surface area contributed by atoms with Crippen LogP contribution in [-0.4, -0.2) is 71.0 Å². The van der Waals surface area contributed by atoms with E-state index in [0.29, 0.717) is 9.80 Å². The molecular weight excluding hydrogens is 269 g/mol. The highest BCUT2D eigenvalue weighted by Crippen LogP contribution is 2.17.